The van der Waals surface area contributed by atoms with E-state index >= 15 is 0 Å². The number of methoxy groups -OCH3 is 1. The lowest BCUT2D eigenvalue weighted by atomic mass is 9.68. The molecule has 11 heteroatoms. The van der Waals surface area contributed by atoms with Crippen molar-refractivity contribution in [3.63, 3.8) is 0 Å². The van der Waals surface area contributed by atoms with Crippen LogP contribution in [0.3, 0.4) is 0 Å². The molecule has 1 spiro atoms. The summed E-state index contributed by atoms with van der Waals surface area (Å²) >= 11 is 0. The van der Waals surface area contributed by atoms with Gasteiger partial charge in [-0.25, -0.2) is 4.79 Å². The highest BCUT2D eigenvalue weighted by Gasteiger charge is 2.72. The zero-order valence-electron chi connectivity index (χ0n) is 33.9. The van der Waals surface area contributed by atoms with Crippen molar-refractivity contribution in [2.75, 3.05) is 53.2 Å². The Bertz CT molecular complexity index is 1710. The van der Waals surface area contributed by atoms with Gasteiger partial charge in [0.25, 0.3) is 0 Å². The minimum Gasteiger partial charge on any atom is -0.489 e. The van der Waals surface area contributed by atoms with Crippen LogP contribution in [0.1, 0.15) is 51.2 Å². The van der Waals surface area contributed by atoms with Crippen LogP contribution in [-0.4, -0.2) is 94.6 Å². The lowest BCUT2D eigenvalue weighted by Crippen LogP contribution is -2.55. The van der Waals surface area contributed by atoms with Gasteiger partial charge in [0.2, 0.25) is 5.91 Å². The molecule has 6 atom stereocenters. The van der Waals surface area contributed by atoms with E-state index in [1.165, 1.54) is 17.7 Å². The smallest absolute Gasteiger partial charge is 0.331 e. The van der Waals surface area contributed by atoms with Crippen LogP contribution in [0.15, 0.2) is 115 Å². The maximum atomic E-state index is 12.7. The largest absolute Gasteiger partial charge is 0.489 e. The number of benzene rings is 2. The highest BCUT2D eigenvalue weighted by atomic mass is 16.6. The average Bonchev–Trinajstić information content (AvgIpc) is 4.13. The van der Waals surface area contributed by atoms with E-state index in [9.17, 15) is 9.59 Å². The Morgan fingerprint density at radius 1 is 0.877 bits per heavy atom. The summed E-state index contributed by atoms with van der Waals surface area (Å²) in [6.07, 6.45) is 17.0. The van der Waals surface area contributed by atoms with Crippen LogP contribution in [0.2, 0.25) is 0 Å². The zero-order chi connectivity index (χ0) is 40.4. The summed E-state index contributed by atoms with van der Waals surface area (Å²) < 4.78 is 41.2. The van der Waals surface area contributed by atoms with E-state index in [2.05, 4.69) is 43.5 Å². The third-order valence-corrected chi connectivity index (χ3v) is 10.4. The lowest BCUT2D eigenvalue weighted by Gasteiger charge is -2.42. The van der Waals surface area contributed by atoms with E-state index in [4.69, 9.17) is 33.2 Å². The van der Waals surface area contributed by atoms with Crippen LogP contribution < -0.4 is 15.4 Å². The molecule has 57 heavy (non-hydrogen) atoms. The predicted octanol–water partition coefficient (Wildman–Crippen LogP) is 6.35. The first-order valence-electron chi connectivity index (χ1n) is 20.0. The SMILES string of the molecule is COC1C(OC(=O)/C=C/C=C/C=C/C=C/C(=O)NCCOCCOCCNCc2cccc(OCc3ccccc3)c2)CC[C@]2(CO2)[C@H]1[C@@]1(C)O[C@@H]1CC=C(C)C. The molecule has 0 bridgehead atoms. The van der Waals surface area contributed by atoms with Gasteiger partial charge in [0.05, 0.1) is 45.1 Å². The van der Waals surface area contributed by atoms with Crippen LogP contribution in [0.4, 0.5) is 0 Å². The molecule has 2 N–H and O–H groups in total. The van der Waals surface area contributed by atoms with Crippen molar-refractivity contribution in [1.29, 1.82) is 0 Å². The summed E-state index contributed by atoms with van der Waals surface area (Å²) in [5.74, 6) is 0.189. The fraction of sp³-hybridized carbons (Fsp3) is 0.478. The van der Waals surface area contributed by atoms with Crippen LogP contribution in [0.25, 0.3) is 0 Å². The number of carbonyl (C=O) groups excluding carboxylic acids is 2. The van der Waals surface area contributed by atoms with E-state index in [0.717, 1.165) is 42.8 Å². The number of allylic oxidation sites excluding steroid dienone is 7. The number of amides is 1. The van der Waals surface area contributed by atoms with Crippen molar-refractivity contribution in [3.8, 4) is 5.75 Å². The molecule has 2 aromatic rings. The number of rotatable bonds is 24. The van der Waals surface area contributed by atoms with Crippen LogP contribution in [-0.2, 0) is 51.2 Å². The number of epoxide rings is 2. The van der Waals surface area contributed by atoms with Gasteiger partial charge in [-0.3, -0.25) is 4.79 Å². The number of esters is 1. The number of ether oxygens (including phenoxy) is 7. The first-order valence-corrected chi connectivity index (χ1v) is 20.0. The van der Waals surface area contributed by atoms with Crippen molar-refractivity contribution >= 4 is 11.9 Å². The van der Waals surface area contributed by atoms with Gasteiger partial charge in [-0.05, 0) is 63.3 Å². The molecule has 1 aliphatic carbocycles. The van der Waals surface area contributed by atoms with Crippen molar-refractivity contribution in [2.45, 2.75) is 82.7 Å². The Labute approximate surface area is 338 Å². The monoisotopic (exact) mass is 784 g/mol. The molecule has 2 unspecified atom stereocenters. The van der Waals surface area contributed by atoms with Gasteiger partial charge in [0.1, 0.15) is 35.8 Å². The van der Waals surface area contributed by atoms with Crippen LogP contribution in [0, 0.1) is 5.92 Å². The third-order valence-electron chi connectivity index (χ3n) is 10.4. The van der Waals surface area contributed by atoms with Gasteiger partial charge in [-0.1, -0.05) is 90.6 Å². The fourth-order valence-corrected chi connectivity index (χ4v) is 7.28. The standard InChI is InChI=1S/C46H60N2O9/c1-35(2)21-22-40-45(3,57-40)44-43(51-4)39(23-24-46(44)34-55-46)56-42(50)20-13-8-6-5-7-12-19-41(49)48-26-28-53-30-29-52-27-25-47-32-37-17-14-18-38(31-37)54-33-36-15-10-9-11-16-36/h5-21,31,39-40,43-44,47H,22-30,32-34H2,1-4H3,(H,48,49)/b7-5+,8-6+,19-12+,20-13+/t39?,40-,43?,44-,45+,46+/m1/s1. The Hall–Kier alpha value is -4.36. The second-order valence-corrected chi connectivity index (χ2v) is 15.0. The molecule has 1 saturated carbocycles. The predicted molar refractivity (Wildman–Crippen MR) is 220 cm³/mol. The summed E-state index contributed by atoms with van der Waals surface area (Å²) in [5.41, 5.74) is 2.90. The second kappa shape index (κ2) is 22.5. The van der Waals surface area contributed by atoms with Crippen LogP contribution >= 0.6 is 0 Å². The minimum atomic E-state index is -0.425. The molecule has 3 aliphatic rings. The normalized spacial score (nSPS) is 25.4. The van der Waals surface area contributed by atoms with Gasteiger partial charge in [0.15, 0.2) is 0 Å². The number of hydrogen-bond acceptors (Lipinski definition) is 10. The first-order chi connectivity index (χ1) is 27.7. The van der Waals surface area contributed by atoms with Gasteiger partial charge >= 0.3 is 5.97 Å². The molecule has 2 aliphatic heterocycles. The second-order valence-electron chi connectivity index (χ2n) is 15.0. The number of nitrogens with one attached hydrogen (secondary N) is 2. The summed E-state index contributed by atoms with van der Waals surface area (Å²) in [5, 5.41) is 6.17. The Morgan fingerprint density at radius 3 is 2.30 bits per heavy atom. The fourth-order valence-electron chi connectivity index (χ4n) is 7.28. The molecule has 0 aromatic heterocycles. The van der Waals surface area contributed by atoms with Gasteiger partial charge in [-0.15, -0.1) is 0 Å². The Morgan fingerprint density at radius 2 is 1.58 bits per heavy atom. The Balaban J connectivity index is 0.864. The molecule has 2 aromatic carbocycles. The van der Waals surface area contributed by atoms with Crippen molar-refractivity contribution in [2.24, 2.45) is 5.92 Å². The highest BCUT2D eigenvalue weighted by molar-refractivity contribution is 5.87. The van der Waals surface area contributed by atoms with Crippen molar-refractivity contribution in [3.05, 3.63) is 126 Å². The van der Waals surface area contributed by atoms with Gasteiger partial charge < -0.3 is 43.8 Å². The zero-order valence-corrected chi connectivity index (χ0v) is 33.9. The molecule has 3 fully saturated rings. The molecule has 1 amide bonds. The molecule has 5 rings (SSSR count). The molecular weight excluding hydrogens is 725 g/mol. The van der Waals surface area contributed by atoms with E-state index in [1.54, 1.807) is 43.6 Å². The number of hydrogen-bond donors (Lipinski definition) is 2. The van der Waals surface area contributed by atoms with Crippen molar-refractivity contribution in [1.82, 2.24) is 10.6 Å². The summed E-state index contributed by atoms with van der Waals surface area (Å²) in [7, 11) is 1.67. The molecule has 2 heterocycles. The third kappa shape index (κ3) is 14.2. The van der Waals surface area contributed by atoms with Gasteiger partial charge in [-0.2, -0.15) is 0 Å². The first kappa shape index (κ1) is 43.8. The van der Waals surface area contributed by atoms with Gasteiger partial charge in [0, 0.05) is 38.9 Å². The maximum Gasteiger partial charge on any atom is 0.331 e. The highest BCUT2D eigenvalue weighted by Crippen LogP contribution is 2.59. The lowest BCUT2D eigenvalue weighted by molar-refractivity contribution is -0.166. The summed E-state index contributed by atoms with van der Waals surface area (Å²) in [4.78, 5) is 24.8. The average molecular weight is 785 g/mol. The van der Waals surface area contributed by atoms with Crippen LogP contribution in [0.5, 0.6) is 5.75 Å². The number of carbonyl (C=O) groups is 2. The van der Waals surface area contributed by atoms with E-state index in [1.807, 2.05) is 48.5 Å². The Kier molecular flexibility index (Phi) is 17.3. The molecule has 308 valence electrons. The van der Waals surface area contributed by atoms with E-state index in [0.29, 0.717) is 52.6 Å². The summed E-state index contributed by atoms with van der Waals surface area (Å²) in [6.45, 7) is 11.3. The van der Waals surface area contributed by atoms with E-state index < -0.39 is 5.97 Å². The molecule has 0 radical (unpaired) electrons. The molecular formula is C46H60N2O9. The molecule has 11 nitrogen and oxygen atoms in total. The van der Waals surface area contributed by atoms with Crippen molar-refractivity contribution < 1.29 is 42.7 Å². The summed E-state index contributed by atoms with van der Waals surface area (Å²) in [6, 6.07) is 18.2. The quantitative estimate of drug-likeness (QED) is 0.0311. The minimum absolute atomic E-state index is 0.0210. The molecule has 2 saturated heterocycles. The van der Waals surface area contributed by atoms with E-state index in [-0.39, 0.29) is 41.3 Å². The topological polar surface area (TPSA) is 129 Å². The maximum absolute atomic E-state index is 12.7.